The highest BCUT2D eigenvalue weighted by Crippen LogP contribution is 2.25. The summed E-state index contributed by atoms with van der Waals surface area (Å²) in [5, 5.41) is 15.3. The number of carbonyl (C=O) groups excluding carboxylic acids is 1. The summed E-state index contributed by atoms with van der Waals surface area (Å²) in [6, 6.07) is 7.86. The van der Waals surface area contributed by atoms with Crippen LogP contribution in [0.2, 0.25) is 0 Å². The lowest BCUT2D eigenvalue weighted by Gasteiger charge is -2.05. The largest absolute Gasteiger partial charge is 0.300 e. The second-order valence-corrected chi connectivity index (χ2v) is 6.06. The summed E-state index contributed by atoms with van der Waals surface area (Å²) in [6.45, 7) is -0.383. The summed E-state index contributed by atoms with van der Waals surface area (Å²) < 4.78 is 13.9. The van der Waals surface area contributed by atoms with Crippen molar-refractivity contribution in [2.24, 2.45) is 0 Å². The third-order valence-electron chi connectivity index (χ3n) is 3.38. The van der Waals surface area contributed by atoms with Crippen molar-refractivity contribution in [1.82, 2.24) is 9.55 Å². The molecule has 1 amide bonds. The van der Waals surface area contributed by atoms with Gasteiger partial charge in [-0.25, -0.2) is 9.37 Å². The van der Waals surface area contributed by atoms with Gasteiger partial charge in [0.05, 0.1) is 16.8 Å². The van der Waals surface area contributed by atoms with Crippen LogP contribution in [-0.4, -0.2) is 20.4 Å². The molecule has 0 spiro atoms. The standard InChI is InChI=1S/C16H11FN4O4S/c17-11-3-1-10(2-4-11)13-9-26-16(18-13)19-14(22)8-20-7-12(21(24)25)5-6-15(20)23/h1-7,9H,8H2,(H,18,19,22). The molecule has 0 aliphatic rings. The molecule has 8 nitrogen and oxygen atoms in total. The Balaban J connectivity index is 1.71. The monoisotopic (exact) mass is 374 g/mol. The topological polar surface area (TPSA) is 107 Å². The van der Waals surface area contributed by atoms with Gasteiger partial charge in [0.25, 0.3) is 11.2 Å². The van der Waals surface area contributed by atoms with Crippen LogP contribution in [0.1, 0.15) is 0 Å². The normalized spacial score (nSPS) is 10.5. The predicted molar refractivity (Wildman–Crippen MR) is 93.5 cm³/mol. The van der Waals surface area contributed by atoms with E-state index in [-0.39, 0.29) is 18.0 Å². The lowest BCUT2D eigenvalue weighted by atomic mass is 10.2. The molecule has 0 saturated heterocycles. The van der Waals surface area contributed by atoms with Gasteiger partial charge < -0.3 is 5.32 Å². The van der Waals surface area contributed by atoms with Gasteiger partial charge in [0, 0.05) is 23.1 Å². The minimum atomic E-state index is -0.649. The van der Waals surface area contributed by atoms with Gasteiger partial charge in [-0.3, -0.25) is 24.3 Å². The minimum absolute atomic E-state index is 0.287. The fourth-order valence-electron chi connectivity index (χ4n) is 2.15. The molecule has 2 aromatic heterocycles. The molecule has 132 valence electrons. The molecule has 0 bridgehead atoms. The number of rotatable bonds is 5. The van der Waals surface area contributed by atoms with Crippen LogP contribution in [0, 0.1) is 15.9 Å². The molecule has 0 atom stereocenters. The SMILES string of the molecule is O=C(Cn1cc([N+](=O)[O-])ccc1=O)Nc1nc(-c2ccc(F)cc2)cs1. The number of aromatic nitrogens is 2. The minimum Gasteiger partial charge on any atom is -0.300 e. The summed E-state index contributed by atoms with van der Waals surface area (Å²) in [5.74, 6) is -0.910. The van der Waals surface area contributed by atoms with Gasteiger partial charge in [0.1, 0.15) is 12.4 Å². The summed E-state index contributed by atoms with van der Waals surface area (Å²) in [5.41, 5.74) is 0.443. The Morgan fingerprint density at radius 2 is 2.00 bits per heavy atom. The molecular formula is C16H11FN4O4S. The number of carbonyl (C=O) groups is 1. The number of nitrogens with one attached hydrogen (secondary N) is 1. The summed E-state index contributed by atoms with van der Waals surface area (Å²) >= 11 is 1.17. The molecular weight excluding hydrogens is 363 g/mol. The van der Waals surface area contributed by atoms with Crippen LogP contribution in [0.3, 0.4) is 0 Å². The second-order valence-electron chi connectivity index (χ2n) is 5.20. The Kier molecular flexibility index (Phi) is 4.85. The molecule has 0 radical (unpaired) electrons. The van der Waals surface area contributed by atoms with Crippen molar-refractivity contribution < 1.29 is 14.1 Å². The molecule has 0 fully saturated rings. The van der Waals surface area contributed by atoms with Crippen molar-refractivity contribution in [2.45, 2.75) is 6.54 Å². The number of pyridine rings is 1. The van der Waals surface area contributed by atoms with E-state index < -0.39 is 16.4 Å². The van der Waals surface area contributed by atoms with E-state index in [1.807, 2.05) is 0 Å². The van der Waals surface area contributed by atoms with Gasteiger partial charge in [0.2, 0.25) is 5.91 Å². The van der Waals surface area contributed by atoms with E-state index in [2.05, 4.69) is 10.3 Å². The van der Waals surface area contributed by atoms with E-state index in [1.54, 1.807) is 17.5 Å². The van der Waals surface area contributed by atoms with Crippen LogP contribution in [-0.2, 0) is 11.3 Å². The maximum atomic E-state index is 13.0. The third kappa shape index (κ3) is 3.98. The van der Waals surface area contributed by atoms with E-state index in [0.29, 0.717) is 16.4 Å². The molecule has 0 unspecified atom stereocenters. The van der Waals surface area contributed by atoms with E-state index in [4.69, 9.17) is 0 Å². The van der Waals surface area contributed by atoms with Crippen LogP contribution >= 0.6 is 11.3 Å². The van der Waals surface area contributed by atoms with Gasteiger partial charge in [-0.2, -0.15) is 0 Å². The smallest absolute Gasteiger partial charge is 0.285 e. The average molecular weight is 374 g/mol. The van der Waals surface area contributed by atoms with E-state index in [1.165, 1.54) is 23.5 Å². The number of hydrogen-bond donors (Lipinski definition) is 1. The van der Waals surface area contributed by atoms with Gasteiger partial charge in [-0.15, -0.1) is 11.3 Å². The number of nitrogens with zero attached hydrogens (tertiary/aromatic N) is 3. The summed E-state index contributed by atoms with van der Waals surface area (Å²) in [7, 11) is 0. The van der Waals surface area contributed by atoms with Crippen LogP contribution < -0.4 is 10.9 Å². The fourth-order valence-corrected chi connectivity index (χ4v) is 2.88. The first kappa shape index (κ1) is 17.4. The van der Waals surface area contributed by atoms with Crippen molar-refractivity contribution in [2.75, 3.05) is 5.32 Å². The quantitative estimate of drug-likeness (QED) is 0.546. The molecule has 1 N–H and O–H groups in total. The first-order chi connectivity index (χ1) is 12.4. The molecule has 0 aliphatic carbocycles. The van der Waals surface area contributed by atoms with Crippen LogP contribution in [0.25, 0.3) is 11.3 Å². The van der Waals surface area contributed by atoms with Crippen molar-refractivity contribution in [3.8, 4) is 11.3 Å². The maximum absolute atomic E-state index is 13.0. The highest BCUT2D eigenvalue weighted by molar-refractivity contribution is 7.14. The maximum Gasteiger partial charge on any atom is 0.285 e. The number of amides is 1. The van der Waals surface area contributed by atoms with Crippen LogP contribution in [0.4, 0.5) is 15.2 Å². The first-order valence-electron chi connectivity index (χ1n) is 7.28. The molecule has 2 heterocycles. The van der Waals surface area contributed by atoms with Crippen LogP contribution in [0.5, 0.6) is 0 Å². The van der Waals surface area contributed by atoms with Crippen molar-refractivity contribution in [3.63, 3.8) is 0 Å². The number of halogens is 1. The zero-order chi connectivity index (χ0) is 18.7. The van der Waals surface area contributed by atoms with Gasteiger partial charge in [0.15, 0.2) is 5.13 Å². The van der Waals surface area contributed by atoms with Gasteiger partial charge in [-0.1, -0.05) is 0 Å². The number of benzene rings is 1. The predicted octanol–water partition coefficient (Wildman–Crippen LogP) is 2.66. The van der Waals surface area contributed by atoms with Crippen molar-refractivity contribution >= 4 is 28.1 Å². The zero-order valence-electron chi connectivity index (χ0n) is 13.1. The van der Waals surface area contributed by atoms with Gasteiger partial charge >= 0.3 is 0 Å². The Morgan fingerprint density at radius 1 is 1.27 bits per heavy atom. The Labute approximate surface area is 149 Å². The molecule has 10 heteroatoms. The average Bonchev–Trinajstić information content (AvgIpc) is 3.05. The molecule has 3 aromatic rings. The van der Waals surface area contributed by atoms with E-state index in [9.17, 15) is 24.1 Å². The summed E-state index contributed by atoms with van der Waals surface area (Å²) in [6.07, 6.45) is 1.01. The van der Waals surface area contributed by atoms with E-state index in [0.717, 1.165) is 22.9 Å². The Bertz CT molecular complexity index is 1030. The van der Waals surface area contributed by atoms with Gasteiger partial charge in [-0.05, 0) is 24.3 Å². The molecule has 0 saturated carbocycles. The molecule has 0 aliphatic heterocycles. The Morgan fingerprint density at radius 3 is 2.69 bits per heavy atom. The first-order valence-corrected chi connectivity index (χ1v) is 8.16. The molecule has 1 aromatic carbocycles. The van der Waals surface area contributed by atoms with Crippen molar-refractivity contribution in [3.05, 3.63) is 74.3 Å². The van der Waals surface area contributed by atoms with Crippen LogP contribution in [0.15, 0.2) is 52.8 Å². The molecule has 3 rings (SSSR count). The zero-order valence-corrected chi connectivity index (χ0v) is 13.9. The van der Waals surface area contributed by atoms with Crippen molar-refractivity contribution in [1.29, 1.82) is 0 Å². The Hall–Kier alpha value is -3.40. The lowest BCUT2D eigenvalue weighted by Crippen LogP contribution is -2.26. The lowest BCUT2D eigenvalue weighted by molar-refractivity contribution is -0.385. The highest BCUT2D eigenvalue weighted by Gasteiger charge is 2.12. The molecule has 26 heavy (non-hydrogen) atoms. The number of thiazole rings is 1. The summed E-state index contributed by atoms with van der Waals surface area (Å²) in [4.78, 5) is 38.1. The number of nitro groups is 1. The highest BCUT2D eigenvalue weighted by atomic mass is 32.1. The van der Waals surface area contributed by atoms with E-state index >= 15 is 0 Å². The number of anilines is 1. The number of hydrogen-bond acceptors (Lipinski definition) is 6. The second kappa shape index (κ2) is 7.23. The fraction of sp³-hybridized carbons (Fsp3) is 0.0625. The third-order valence-corrected chi connectivity index (χ3v) is 4.14.